The van der Waals surface area contributed by atoms with E-state index >= 15 is 0 Å². The summed E-state index contributed by atoms with van der Waals surface area (Å²) in [6, 6.07) is 15.5. The first-order valence-corrected chi connectivity index (χ1v) is 18.7. The van der Waals surface area contributed by atoms with Crippen molar-refractivity contribution >= 4 is 45.9 Å². The number of aromatic nitrogens is 1. The fraction of sp³-hybridized carbons (Fsp3) is 0.590. The number of fused-ring (bicyclic) bond motifs is 1. The highest BCUT2D eigenvalue weighted by Gasteiger charge is 2.22. The number of benzene rings is 2. The summed E-state index contributed by atoms with van der Waals surface area (Å²) in [6.07, 6.45) is 3.80. The number of nitrogens with zero attached hydrogens (tertiary/aromatic N) is 4. The molecule has 49 heavy (non-hydrogen) atoms. The second-order valence-corrected chi connectivity index (χ2v) is 15.3. The SMILES string of the molecule is CC(C)CC(C)CN(CC(C)CC(C)C)C(=O)OCOc1ccc2ccc(OCCCCN3CCN(c4cccc(Cl)c4Cl)CC3)cc2n1. The quantitative estimate of drug-likeness (QED) is 0.0960. The van der Waals surface area contributed by atoms with Gasteiger partial charge in [0.25, 0.3) is 0 Å². The molecule has 1 aromatic heterocycles. The Hall–Kier alpha value is -2.94. The van der Waals surface area contributed by atoms with Crippen molar-refractivity contribution < 1.29 is 19.0 Å². The third kappa shape index (κ3) is 12.7. The molecule has 0 radical (unpaired) electrons. The molecule has 1 saturated heterocycles. The molecule has 2 unspecified atom stereocenters. The Labute approximate surface area is 304 Å². The predicted octanol–water partition coefficient (Wildman–Crippen LogP) is 9.66. The van der Waals surface area contributed by atoms with E-state index < -0.39 is 0 Å². The van der Waals surface area contributed by atoms with Crippen LogP contribution in [0, 0.1) is 23.7 Å². The topological polar surface area (TPSA) is 67.4 Å². The summed E-state index contributed by atoms with van der Waals surface area (Å²) in [7, 11) is 0. The van der Waals surface area contributed by atoms with Gasteiger partial charge in [0.2, 0.25) is 12.7 Å². The lowest BCUT2D eigenvalue weighted by Gasteiger charge is -2.36. The van der Waals surface area contributed by atoms with E-state index in [1.807, 2.05) is 47.4 Å². The van der Waals surface area contributed by atoms with Gasteiger partial charge in [0, 0.05) is 56.8 Å². The van der Waals surface area contributed by atoms with Gasteiger partial charge in [-0.25, -0.2) is 9.78 Å². The van der Waals surface area contributed by atoms with Crippen molar-refractivity contribution in [1.82, 2.24) is 14.8 Å². The molecule has 1 aliphatic heterocycles. The van der Waals surface area contributed by atoms with Crippen LogP contribution < -0.4 is 14.4 Å². The molecule has 2 aromatic carbocycles. The van der Waals surface area contributed by atoms with Gasteiger partial charge in [-0.05, 0) is 86.2 Å². The number of carbonyl (C=O) groups is 1. The van der Waals surface area contributed by atoms with Gasteiger partial charge in [-0.3, -0.25) is 4.90 Å². The molecule has 10 heteroatoms. The molecule has 2 heterocycles. The number of amides is 1. The average molecular weight is 716 g/mol. The predicted molar refractivity (Wildman–Crippen MR) is 202 cm³/mol. The van der Waals surface area contributed by atoms with Gasteiger partial charge >= 0.3 is 6.09 Å². The van der Waals surface area contributed by atoms with Gasteiger partial charge in [0.1, 0.15) is 5.75 Å². The van der Waals surface area contributed by atoms with Crippen molar-refractivity contribution in [3.63, 3.8) is 0 Å². The lowest BCUT2D eigenvalue weighted by atomic mass is 9.96. The van der Waals surface area contributed by atoms with E-state index in [-0.39, 0.29) is 12.9 Å². The van der Waals surface area contributed by atoms with Crippen molar-refractivity contribution in [2.45, 2.75) is 67.2 Å². The van der Waals surface area contributed by atoms with Crippen LogP contribution in [0.5, 0.6) is 11.6 Å². The van der Waals surface area contributed by atoms with Gasteiger partial charge in [-0.2, -0.15) is 0 Å². The fourth-order valence-corrected chi connectivity index (χ4v) is 7.21. The Morgan fingerprint density at radius 1 is 0.857 bits per heavy atom. The van der Waals surface area contributed by atoms with Crippen molar-refractivity contribution in [3.05, 3.63) is 58.6 Å². The van der Waals surface area contributed by atoms with Gasteiger partial charge in [0.05, 0.1) is 27.9 Å². The Morgan fingerprint density at radius 2 is 1.53 bits per heavy atom. The number of unbranched alkanes of at least 4 members (excludes halogenated alkanes) is 1. The van der Waals surface area contributed by atoms with Crippen LogP contribution in [0.2, 0.25) is 10.0 Å². The summed E-state index contributed by atoms with van der Waals surface area (Å²) in [5.74, 6) is 3.12. The molecule has 3 aromatic rings. The van der Waals surface area contributed by atoms with E-state index in [2.05, 4.69) is 56.3 Å². The minimum atomic E-state index is -0.340. The minimum Gasteiger partial charge on any atom is -0.494 e. The molecule has 1 amide bonds. The largest absolute Gasteiger partial charge is 0.494 e. The highest BCUT2D eigenvalue weighted by molar-refractivity contribution is 6.43. The Kier molecular flexibility index (Phi) is 15.4. The van der Waals surface area contributed by atoms with Gasteiger partial charge in [0.15, 0.2) is 0 Å². The van der Waals surface area contributed by atoms with Crippen LogP contribution in [0.15, 0.2) is 48.5 Å². The van der Waals surface area contributed by atoms with E-state index in [1.165, 1.54) is 0 Å². The van der Waals surface area contributed by atoms with Crippen LogP contribution in [0.1, 0.15) is 67.2 Å². The molecule has 1 aliphatic rings. The molecule has 8 nitrogen and oxygen atoms in total. The Morgan fingerprint density at radius 3 is 2.20 bits per heavy atom. The van der Waals surface area contributed by atoms with Crippen LogP contribution in [0.25, 0.3) is 10.9 Å². The summed E-state index contributed by atoms with van der Waals surface area (Å²) >= 11 is 12.6. The highest BCUT2D eigenvalue weighted by atomic mass is 35.5. The molecule has 1 fully saturated rings. The van der Waals surface area contributed by atoms with Crippen LogP contribution in [-0.2, 0) is 4.74 Å². The molecule has 0 saturated carbocycles. The maximum atomic E-state index is 13.1. The van der Waals surface area contributed by atoms with Crippen LogP contribution >= 0.6 is 23.2 Å². The molecule has 0 N–H and O–H groups in total. The monoisotopic (exact) mass is 714 g/mol. The lowest BCUT2D eigenvalue weighted by Crippen LogP contribution is -2.46. The minimum absolute atomic E-state index is 0.190. The second kappa shape index (κ2) is 19.5. The second-order valence-electron chi connectivity index (χ2n) is 14.5. The molecule has 2 atom stereocenters. The van der Waals surface area contributed by atoms with Crippen LogP contribution in [0.4, 0.5) is 10.5 Å². The molecular formula is C39H56Cl2N4O4. The molecule has 4 rings (SSSR count). The third-order valence-corrected chi connectivity index (χ3v) is 9.69. The zero-order valence-corrected chi connectivity index (χ0v) is 31.8. The maximum Gasteiger partial charge on any atom is 0.412 e. The number of rotatable bonds is 18. The fourth-order valence-electron chi connectivity index (χ4n) is 6.79. The van der Waals surface area contributed by atoms with Gasteiger partial charge in [-0.1, -0.05) is 70.8 Å². The summed E-state index contributed by atoms with van der Waals surface area (Å²) in [5, 5.41) is 2.22. The molecular weight excluding hydrogens is 659 g/mol. The van der Waals surface area contributed by atoms with Gasteiger partial charge in [-0.15, -0.1) is 0 Å². The van der Waals surface area contributed by atoms with Crippen molar-refractivity contribution in [1.29, 1.82) is 0 Å². The lowest BCUT2D eigenvalue weighted by molar-refractivity contribution is 0.0269. The first-order chi connectivity index (χ1) is 23.5. The van der Waals surface area contributed by atoms with Crippen molar-refractivity contribution in [2.75, 3.05) is 64.1 Å². The summed E-state index contributed by atoms with van der Waals surface area (Å²) in [5.41, 5.74) is 1.78. The Bertz CT molecular complexity index is 1450. The van der Waals surface area contributed by atoms with E-state index in [0.29, 0.717) is 59.3 Å². The summed E-state index contributed by atoms with van der Waals surface area (Å²) in [6.45, 7) is 20.0. The van der Waals surface area contributed by atoms with E-state index in [1.54, 1.807) is 6.07 Å². The van der Waals surface area contributed by atoms with Crippen molar-refractivity contribution in [2.24, 2.45) is 23.7 Å². The average Bonchev–Trinajstić information content (AvgIpc) is 3.05. The van der Waals surface area contributed by atoms with Crippen molar-refractivity contribution in [3.8, 4) is 11.6 Å². The van der Waals surface area contributed by atoms with E-state index in [4.69, 9.17) is 37.4 Å². The third-order valence-electron chi connectivity index (χ3n) is 8.88. The summed E-state index contributed by atoms with van der Waals surface area (Å²) in [4.78, 5) is 24.4. The van der Waals surface area contributed by atoms with Crippen LogP contribution in [0.3, 0.4) is 0 Å². The molecule has 270 valence electrons. The maximum absolute atomic E-state index is 13.1. The first kappa shape index (κ1) is 38.9. The number of hydrogen-bond donors (Lipinski definition) is 0. The number of ether oxygens (including phenoxy) is 3. The first-order valence-electron chi connectivity index (χ1n) is 18.0. The Balaban J connectivity index is 1.20. The number of carbonyl (C=O) groups excluding carboxylic acids is 1. The highest BCUT2D eigenvalue weighted by Crippen LogP contribution is 2.33. The smallest absolute Gasteiger partial charge is 0.412 e. The number of piperazine rings is 1. The number of halogens is 2. The van der Waals surface area contributed by atoms with E-state index in [0.717, 1.165) is 80.7 Å². The summed E-state index contributed by atoms with van der Waals surface area (Å²) < 4.78 is 17.5. The number of hydrogen-bond acceptors (Lipinski definition) is 7. The zero-order chi connectivity index (χ0) is 35.3. The normalized spacial score (nSPS) is 15.1. The van der Waals surface area contributed by atoms with Crippen LogP contribution in [-0.4, -0.2) is 80.1 Å². The molecule has 0 spiro atoms. The van der Waals surface area contributed by atoms with E-state index in [9.17, 15) is 4.79 Å². The number of anilines is 1. The molecule has 0 aliphatic carbocycles. The standard InChI is InChI=1S/C39H56Cl2N4O4/c1-28(2)22-30(5)25-45(26-31(6)23-29(3)4)39(46)49-27-48-37-15-13-32-12-14-33(24-35(32)42-37)47-21-8-7-16-43-17-19-44(20-18-43)36-11-9-10-34(40)38(36)41/h9-15,24,28-31H,7-8,16-23,25-27H2,1-6H3. The number of pyridine rings is 1. The zero-order valence-electron chi connectivity index (χ0n) is 30.3. The molecule has 0 bridgehead atoms. The van der Waals surface area contributed by atoms with Gasteiger partial charge < -0.3 is 24.0 Å².